The highest BCUT2D eigenvalue weighted by molar-refractivity contribution is 8.76. The number of rotatable bonds is 4. The van der Waals surface area contributed by atoms with Crippen LogP contribution in [0.2, 0.25) is 0 Å². The zero-order valence-corrected chi connectivity index (χ0v) is 7.61. The second-order valence-corrected chi connectivity index (χ2v) is 5.30. The summed E-state index contributed by atoms with van der Waals surface area (Å²) in [6, 6.07) is 0. The summed E-state index contributed by atoms with van der Waals surface area (Å²) < 4.78 is 12.0. The maximum absolute atomic E-state index is 6.78. The minimum absolute atomic E-state index is 0.212. The molecule has 0 saturated carbocycles. The van der Waals surface area contributed by atoms with Crippen molar-refractivity contribution in [2.24, 2.45) is 0 Å². The molecule has 0 aliphatic carbocycles. The predicted molar refractivity (Wildman–Crippen MR) is 45.8 cm³/mol. The molecular formula is C4H11OPS2. The Labute approximate surface area is 61.6 Å². The Bertz CT molecular complexity index is 64.5. The summed E-state index contributed by atoms with van der Waals surface area (Å²) in [5, 5.41) is 0. The standard InChI is InChI=1S/C4H11OPS2/c1-6(2)5-4-8-7-3/h4H2,1-3H3/i3D. The van der Waals surface area contributed by atoms with Crippen molar-refractivity contribution in [3.8, 4) is 0 Å². The van der Waals surface area contributed by atoms with E-state index in [9.17, 15) is 0 Å². The van der Waals surface area contributed by atoms with Crippen molar-refractivity contribution in [2.45, 2.75) is 0 Å². The van der Waals surface area contributed by atoms with E-state index in [1.54, 1.807) is 10.8 Å². The van der Waals surface area contributed by atoms with E-state index in [1.165, 1.54) is 10.8 Å². The first-order valence-corrected chi connectivity index (χ1v) is 6.75. The first kappa shape index (κ1) is 7.20. The van der Waals surface area contributed by atoms with E-state index in [2.05, 4.69) is 13.3 Å². The van der Waals surface area contributed by atoms with E-state index in [4.69, 9.17) is 5.89 Å². The van der Waals surface area contributed by atoms with Gasteiger partial charge in [-0.3, -0.25) is 0 Å². The van der Waals surface area contributed by atoms with Gasteiger partial charge < -0.3 is 4.52 Å². The Hall–Kier alpha value is 1.09. The van der Waals surface area contributed by atoms with Gasteiger partial charge in [0.05, 0.1) is 0 Å². The van der Waals surface area contributed by atoms with Crippen LogP contribution in [-0.4, -0.2) is 25.5 Å². The number of hydrogen-bond acceptors (Lipinski definition) is 3. The monoisotopic (exact) mass is 171 g/mol. The quantitative estimate of drug-likeness (QED) is 0.278. The third-order valence-corrected chi connectivity index (χ3v) is 2.43. The average molecular weight is 171 g/mol. The van der Waals surface area contributed by atoms with Crippen molar-refractivity contribution in [1.82, 2.24) is 0 Å². The molecule has 0 unspecified atom stereocenters. The van der Waals surface area contributed by atoms with Crippen LogP contribution in [0.4, 0.5) is 0 Å². The van der Waals surface area contributed by atoms with Gasteiger partial charge in [0.25, 0.3) is 0 Å². The third kappa shape index (κ3) is 7.09. The molecule has 50 valence electrons. The molecule has 0 aliphatic rings. The fourth-order valence-electron chi connectivity index (χ4n) is 0.161. The lowest BCUT2D eigenvalue weighted by atomic mass is 11.7. The molecule has 0 heterocycles. The summed E-state index contributed by atoms with van der Waals surface area (Å²) >= 11 is 0. The van der Waals surface area contributed by atoms with E-state index in [1.807, 2.05) is 0 Å². The summed E-state index contributed by atoms with van der Waals surface area (Å²) in [4.78, 5) is 0. The van der Waals surface area contributed by atoms with Crippen molar-refractivity contribution < 1.29 is 5.89 Å². The zero-order valence-electron chi connectivity index (χ0n) is 6.09. The van der Waals surface area contributed by atoms with Crippen molar-refractivity contribution in [3.05, 3.63) is 0 Å². The van der Waals surface area contributed by atoms with Crippen LogP contribution in [-0.2, 0) is 4.52 Å². The molecule has 0 aromatic heterocycles. The Morgan fingerprint density at radius 3 is 3.00 bits per heavy atom. The van der Waals surface area contributed by atoms with Gasteiger partial charge in [-0.2, -0.15) is 0 Å². The lowest BCUT2D eigenvalue weighted by Crippen LogP contribution is -1.77. The highest BCUT2D eigenvalue weighted by atomic mass is 33.1. The molecular weight excluding hydrogens is 159 g/mol. The van der Waals surface area contributed by atoms with Crippen LogP contribution in [0.1, 0.15) is 1.37 Å². The topological polar surface area (TPSA) is 9.23 Å². The molecule has 8 heavy (non-hydrogen) atoms. The molecule has 0 rings (SSSR count). The Morgan fingerprint density at radius 1 is 1.75 bits per heavy atom. The SMILES string of the molecule is [2H]CSSCOP(C)C. The van der Waals surface area contributed by atoms with Crippen LogP contribution < -0.4 is 0 Å². The van der Waals surface area contributed by atoms with Crippen molar-refractivity contribution >= 4 is 29.7 Å². The van der Waals surface area contributed by atoms with E-state index in [0.29, 0.717) is 6.23 Å². The van der Waals surface area contributed by atoms with Crippen LogP contribution in [0.25, 0.3) is 0 Å². The summed E-state index contributed by atoms with van der Waals surface area (Å²) in [6.07, 6.45) is 0.416. The van der Waals surface area contributed by atoms with Crippen molar-refractivity contribution in [3.63, 3.8) is 0 Å². The Morgan fingerprint density at radius 2 is 2.50 bits per heavy atom. The van der Waals surface area contributed by atoms with Crippen LogP contribution in [0, 0.1) is 0 Å². The van der Waals surface area contributed by atoms with Crippen LogP contribution in [0.5, 0.6) is 0 Å². The Balaban J connectivity index is 2.75. The fraction of sp³-hybridized carbons (Fsp3) is 1.00. The average Bonchev–Trinajstić information content (AvgIpc) is 1.80. The highest BCUT2D eigenvalue weighted by Gasteiger charge is 1.89. The summed E-state index contributed by atoms with van der Waals surface area (Å²) in [5.74, 6) is 0.724. The number of hydrogen-bond donors (Lipinski definition) is 0. The zero-order chi connectivity index (χ0) is 7.11. The predicted octanol–water partition coefficient (Wildman–Crippen LogP) is 2.63. The molecule has 0 atom stereocenters. The van der Waals surface area contributed by atoms with Crippen LogP contribution in [0.15, 0.2) is 0 Å². The largest absolute Gasteiger partial charge is 0.348 e. The molecule has 1 nitrogen and oxygen atoms in total. The van der Waals surface area contributed by atoms with Gasteiger partial charge in [-0.15, -0.1) is 0 Å². The first-order chi connectivity index (χ1) is 4.27. The molecule has 0 saturated heterocycles. The lowest BCUT2D eigenvalue weighted by molar-refractivity contribution is 0.445. The molecule has 0 aromatic rings. The van der Waals surface area contributed by atoms with Gasteiger partial charge >= 0.3 is 0 Å². The van der Waals surface area contributed by atoms with Crippen molar-refractivity contribution in [1.29, 1.82) is 0 Å². The van der Waals surface area contributed by atoms with E-state index < -0.39 is 0 Å². The highest BCUT2D eigenvalue weighted by Crippen LogP contribution is 2.30. The molecule has 0 aromatic carbocycles. The minimum atomic E-state index is -0.212. The molecule has 0 fully saturated rings. The normalized spacial score (nSPS) is 12.1. The van der Waals surface area contributed by atoms with Gasteiger partial charge in [0.15, 0.2) is 0 Å². The van der Waals surface area contributed by atoms with E-state index >= 15 is 0 Å². The second-order valence-electron chi connectivity index (χ2n) is 1.30. The summed E-state index contributed by atoms with van der Waals surface area (Å²) in [7, 11) is 2.91. The van der Waals surface area contributed by atoms with Crippen molar-refractivity contribution in [2.75, 3.05) is 25.5 Å². The molecule has 0 radical (unpaired) electrons. The molecule has 0 amide bonds. The molecule has 0 spiro atoms. The smallest absolute Gasteiger partial charge is 0.106 e. The Kier molecular flexibility index (Phi) is 5.59. The van der Waals surface area contributed by atoms with Crippen LogP contribution in [0.3, 0.4) is 0 Å². The molecule has 0 N–H and O–H groups in total. The van der Waals surface area contributed by atoms with Gasteiger partial charge in [0.1, 0.15) is 5.94 Å². The second kappa shape index (κ2) is 6.21. The van der Waals surface area contributed by atoms with E-state index in [-0.39, 0.29) is 8.15 Å². The molecule has 0 bridgehead atoms. The molecule has 4 heteroatoms. The van der Waals surface area contributed by atoms with Gasteiger partial charge in [-0.25, -0.2) is 0 Å². The summed E-state index contributed by atoms with van der Waals surface area (Å²) in [5.41, 5.74) is 0. The van der Waals surface area contributed by atoms with Gasteiger partial charge in [-0.1, -0.05) is 21.6 Å². The fourth-order valence-corrected chi connectivity index (χ4v) is 1.84. The van der Waals surface area contributed by atoms with Gasteiger partial charge in [0.2, 0.25) is 0 Å². The van der Waals surface area contributed by atoms with Crippen LogP contribution >= 0.6 is 29.7 Å². The maximum atomic E-state index is 6.78. The van der Waals surface area contributed by atoms with Gasteiger partial charge in [-0.05, 0) is 19.6 Å². The lowest BCUT2D eigenvalue weighted by Gasteiger charge is -2.03. The van der Waals surface area contributed by atoms with E-state index in [0.717, 1.165) is 5.94 Å². The first-order valence-electron chi connectivity index (χ1n) is 2.82. The maximum Gasteiger partial charge on any atom is 0.106 e. The molecule has 0 aliphatic heterocycles. The summed E-state index contributed by atoms with van der Waals surface area (Å²) in [6.45, 7) is 4.14. The third-order valence-electron chi connectivity index (χ3n) is 0.442. The van der Waals surface area contributed by atoms with Gasteiger partial charge in [0, 0.05) is 9.52 Å². The minimum Gasteiger partial charge on any atom is -0.348 e.